The van der Waals surface area contributed by atoms with Gasteiger partial charge in [0.1, 0.15) is 10.8 Å². The standard InChI is InChI=1S/C12H12BrFN2S/c1-8(12-15-4-5-17-12)16-7-9-2-3-11(14)10(13)6-9/h2-6,8,16H,7H2,1H3. The second kappa shape index (κ2) is 5.71. The van der Waals surface area contributed by atoms with Gasteiger partial charge in [0.25, 0.3) is 0 Å². The van der Waals surface area contributed by atoms with Crippen molar-refractivity contribution in [1.82, 2.24) is 10.3 Å². The Morgan fingerprint density at radius 1 is 1.53 bits per heavy atom. The van der Waals surface area contributed by atoms with Gasteiger partial charge >= 0.3 is 0 Å². The Hall–Kier alpha value is -0.780. The molecule has 2 nitrogen and oxygen atoms in total. The van der Waals surface area contributed by atoms with Gasteiger partial charge in [-0.25, -0.2) is 9.37 Å². The Labute approximate surface area is 112 Å². The number of nitrogens with zero attached hydrogens (tertiary/aromatic N) is 1. The fourth-order valence-corrected chi connectivity index (χ4v) is 2.55. The number of hydrogen-bond acceptors (Lipinski definition) is 3. The van der Waals surface area contributed by atoms with Crippen LogP contribution < -0.4 is 5.32 Å². The summed E-state index contributed by atoms with van der Waals surface area (Å²) in [6.07, 6.45) is 1.80. The van der Waals surface area contributed by atoms with E-state index in [1.165, 1.54) is 6.07 Å². The summed E-state index contributed by atoms with van der Waals surface area (Å²) in [5.41, 5.74) is 1.04. The molecular weight excluding hydrogens is 303 g/mol. The summed E-state index contributed by atoms with van der Waals surface area (Å²) in [7, 11) is 0. The van der Waals surface area contributed by atoms with E-state index in [9.17, 15) is 4.39 Å². The molecule has 0 aliphatic rings. The predicted octanol–water partition coefficient (Wildman–Crippen LogP) is 3.90. The van der Waals surface area contributed by atoms with Crippen molar-refractivity contribution in [3.8, 4) is 0 Å². The average Bonchev–Trinajstić information content (AvgIpc) is 2.84. The first-order chi connectivity index (χ1) is 8.16. The molecule has 0 amide bonds. The van der Waals surface area contributed by atoms with Crippen molar-refractivity contribution in [2.45, 2.75) is 19.5 Å². The number of halogens is 2. The van der Waals surface area contributed by atoms with Crippen LogP contribution in [0.15, 0.2) is 34.2 Å². The molecule has 0 saturated heterocycles. The number of aromatic nitrogens is 1. The molecule has 1 heterocycles. The van der Waals surface area contributed by atoms with Crippen molar-refractivity contribution in [1.29, 1.82) is 0 Å². The fraction of sp³-hybridized carbons (Fsp3) is 0.250. The molecule has 0 aliphatic carbocycles. The number of rotatable bonds is 4. The third-order valence-electron chi connectivity index (χ3n) is 2.42. The van der Waals surface area contributed by atoms with Gasteiger partial charge in [-0.2, -0.15) is 0 Å². The zero-order valence-electron chi connectivity index (χ0n) is 9.28. The minimum Gasteiger partial charge on any atom is -0.304 e. The van der Waals surface area contributed by atoms with Crippen LogP contribution in [0.25, 0.3) is 0 Å². The summed E-state index contributed by atoms with van der Waals surface area (Å²) in [6.45, 7) is 2.76. The maximum atomic E-state index is 13.0. The summed E-state index contributed by atoms with van der Waals surface area (Å²) in [6, 6.07) is 5.24. The number of nitrogens with one attached hydrogen (secondary N) is 1. The van der Waals surface area contributed by atoms with E-state index in [0.717, 1.165) is 10.6 Å². The van der Waals surface area contributed by atoms with Gasteiger partial charge in [0.2, 0.25) is 0 Å². The van der Waals surface area contributed by atoms with Gasteiger partial charge in [0.15, 0.2) is 0 Å². The molecule has 0 aliphatic heterocycles. The topological polar surface area (TPSA) is 24.9 Å². The molecule has 0 radical (unpaired) electrons. The Morgan fingerprint density at radius 3 is 3.00 bits per heavy atom. The van der Waals surface area contributed by atoms with Gasteiger partial charge in [0.05, 0.1) is 10.5 Å². The lowest BCUT2D eigenvalue weighted by Crippen LogP contribution is -2.17. The monoisotopic (exact) mass is 314 g/mol. The van der Waals surface area contributed by atoms with Crippen LogP contribution in [0, 0.1) is 5.82 Å². The largest absolute Gasteiger partial charge is 0.304 e. The highest BCUT2D eigenvalue weighted by Gasteiger charge is 2.07. The van der Waals surface area contributed by atoms with Crippen molar-refractivity contribution in [3.63, 3.8) is 0 Å². The highest BCUT2D eigenvalue weighted by molar-refractivity contribution is 9.10. The van der Waals surface area contributed by atoms with Crippen molar-refractivity contribution in [2.24, 2.45) is 0 Å². The summed E-state index contributed by atoms with van der Waals surface area (Å²) >= 11 is 4.81. The lowest BCUT2D eigenvalue weighted by atomic mass is 10.2. The summed E-state index contributed by atoms with van der Waals surface area (Å²) in [5.74, 6) is -0.235. The van der Waals surface area contributed by atoms with Gasteiger partial charge in [-0.1, -0.05) is 6.07 Å². The SMILES string of the molecule is CC(NCc1ccc(F)c(Br)c1)c1nccs1. The first-order valence-electron chi connectivity index (χ1n) is 5.23. The second-order valence-electron chi connectivity index (χ2n) is 3.72. The van der Waals surface area contributed by atoms with Crippen LogP contribution in [-0.4, -0.2) is 4.98 Å². The molecule has 17 heavy (non-hydrogen) atoms. The molecule has 1 N–H and O–H groups in total. The van der Waals surface area contributed by atoms with Crippen LogP contribution in [-0.2, 0) is 6.54 Å². The highest BCUT2D eigenvalue weighted by atomic mass is 79.9. The molecule has 90 valence electrons. The lowest BCUT2D eigenvalue weighted by molar-refractivity contribution is 0.569. The highest BCUT2D eigenvalue weighted by Crippen LogP contribution is 2.18. The van der Waals surface area contributed by atoms with Gasteiger partial charge in [0, 0.05) is 18.1 Å². The van der Waals surface area contributed by atoms with E-state index < -0.39 is 0 Å². The minimum absolute atomic E-state index is 0.207. The molecule has 2 aromatic rings. The van der Waals surface area contributed by atoms with Gasteiger partial charge in [-0.3, -0.25) is 0 Å². The minimum atomic E-state index is -0.235. The summed E-state index contributed by atoms with van der Waals surface area (Å²) < 4.78 is 13.5. The maximum Gasteiger partial charge on any atom is 0.137 e. The Morgan fingerprint density at radius 2 is 2.35 bits per heavy atom. The number of thiazole rings is 1. The third-order valence-corrected chi connectivity index (χ3v) is 3.98. The molecule has 1 aromatic carbocycles. The average molecular weight is 315 g/mol. The van der Waals surface area contributed by atoms with Gasteiger partial charge < -0.3 is 5.32 Å². The van der Waals surface area contributed by atoms with Crippen LogP contribution in [0.4, 0.5) is 4.39 Å². The maximum absolute atomic E-state index is 13.0. The molecule has 1 unspecified atom stereocenters. The Bertz CT molecular complexity index is 487. The third kappa shape index (κ3) is 3.34. The van der Waals surface area contributed by atoms with E-state index >= 15 is 0 Å². The van der Waals surface area contributed by atoms with Crippen LogP contribution >= 0.6 is 27.3 Å². The first-order valence-corrected chi connectivity index (χ1v) is 6.91. The van der Waals surface area contributed by atoms with E-state index in [-0.39, 0.29) is 11.9 Å². The van der Waals surface area contributed by atoms with Crippen molar-refractivity contribution >= 4 is 27.3 Å². The number of benzene rings is 1. The van der Waals surface area contributed by atoms with Crippen molar-refractivity contribution in [3.05, 3.63) is 50.6 Å². The van der Waals surface area contributed by atoms with Crippen molar-refractivity contribution < 1.29 is 4.39 Å². The molecule has 5 heteroatoms. The van der Waals surface area contributed by atoms with Crippen LogP contribution in [0.1, 0.15) is 23.5 Å². The zero-order chi connectivity index (χ0) is 12.3. The fourth-order valence-electron chi connectivity index (χ4n) is 1.46. The first kappa shape index (κ1) is 12.7. The van der Waals surface area contributed by atoms with Crippen molar-refractivity contribution in [2.75, 3.05) is 0 Å². The molecule has 0 bridgehead atoms. The quantitative estimate of drug-likeness (QED) is 0.926. The molecule has 0 fully saturated rings. The van der Waals surface area contributed by atoms with Gasteiger partial charge in [-0.05, 0) is 40.5 Å². The van der Waals surface area contributed by atoms with E-state index in [4.69, 9.17) is 0 Å². The van der Waals surface area contributed by atoms with E-state index in [1.807, 2.05) is 5.38 Å². The summed E-state index contributed by atoms with van der Waals surface area (Å²) in [5, 5.41) is 6.37. The molecule has 1 aromatic heterocycles. The zero-order valence-corrected chi connectivity index (χ0v) is 11.7. The molecule has 1 atom stereocenters. The Balaban J connectivity index is 1.96. The molecular formula is C12H12BrFN2S. The van der Waals surface area contributed by atoms with E-state index in [1.54, 1.807) is 29.7 Å². The smallest absolute Gasteiger partial charge is 0.137 e. The Kier molecular flexibility index (Phi) is 4.25. The normalized spacial score (nSPS) is 12.6. The molecule has 2 rings (SSSR count). The number of hydrogen-bond donors (Lipinski definition) is 1. The van der Waals surface area contributed by atoms with Crippen LogP contribution in [0.3, 0.4) is 0 Å². The van der Waals surface area contributed by atoms with Crippen LogP contribution in [0.5, 0.6) is 0 Å². The predicted molar refractivity (Wildman–Crippen MR) is 71.5 cm³/mol. The second-order valence-corrected chi connectivity index (χ2v) is 5.50. The summed E-state index contributed by atoms with van der Waals surface area (Å²) in [4.78, 5) is 4.25. The molecule has 0 saturated carbocycles. The van der Waals surface area contributed by atoms with E-state index in [2.05, 4.69) is 33.2 Å². The van der Waals surface area contributed by atoms with Gasteiger partial charge in [-0.15, -0.1) is 11.3 Å². The van der Waals surface area contributed by atoms with E-state index in [0.29, 0.717) is 11.0 Å². The molecule has 0 spiro atoms. The van der Waals surface area contributed by atoms with Crippen LogP contribution in [0.2, 0.25) is 0 Å². The lowest BCUT2D eigenvalue weighted by Gasteiger charge is -2.11.